The van der Waals surface area contributed by atoms with Crippen molar-refractivity contribution >= 4 is 23.4 Å². The molecule has 1 aromatic rings. The first kappa shape index (κ1) is 16.4. The summed E-state index contributed by atoms with van der Waals surface area (Å²) in [6.45, 7) is 4.12. The summed E-state index contributed by atoms with van der Waals surface area (Å²) in [5, 5.41) is 7.62. The molecule has 1 heterocycles. The Morgan fingerprint density at radius 1 is 1.14 bits per heavy atom. The fraction of sp³-hybridized carbons (Fsp3) is 0.750. The van der Waals surface area contributed by atoms with Gasteiger partial charge in [-0.15, -0.1) is 0 Å². The second kappa shape index (κ2) is 9.13. The second-order valence-electron chi connectivity index (χ2n) is 5.77. The molecule has 0 atom stereocenters. The molecular formula is C16H28N4S. The van der Waals surface area contributed by atoms with Gasteiger partial charge in [0, 0.05) is 19.2 Å². The maximum Gasteiger partial charge on any atom is 0.191 e. The zero-order chi connectivity index (χ0) is 14.9. The molecule has 1 aliphatic rings. The molecule has 0 bridgehead atoms. The maximum atomic E-state index is 4.53. The average Bonchev–Trinajstić information content (AvgIpc) is 3.02. The number of thioether (sulfide) groups is 1. The topological polar surface area (TPSA) is 49.8 Å². The Balaban J connectivity index is 1.80. The van der Waals surface area contributed by atoms with Gasteiger partial charge in [0.2, 0.25) is 0 Å². The van der Waals surface area contributed by atoms with Crippen molar-refractivity contribution in [3.05, 3.63) is 6.07 Å². The number of rotatable bonds is 9. The first-order valence-electron chi connectivity index (χ1n) is 8.22. The van der Waals surface area contributed by atoms with Crippen LogP contribution in [0, 0.1) is 5.92 Å². The van der Waals surface area contributed by atoms with E-state index in [9.17, 15) is 0 Å². The normalized spacial score (nSPS) is 15.3. The van der Waals surface area contributed by atoms with E-state index >= 15 is 0 Å². The zero-order valence-corrected chi connectivity index (χ0v) is 14.1. The molecule has 0 unspecified atom stereocenters. The molecule has 1 fully saturated rings. The van der Waals surface area contributed by atoms with E-state index in [2.05, 4.69) is 27.5 Å². The van der Waals surface area contributed by atoms with Gasteiger partial charge in [-0.25, -0.2) is 9.97 Å². The fourth-order valence-corrected chi connectivity index (χ4v) is 3.24. The summed E-state index contributed by atoms with van der Waals surface area (Å²) in [5.41, 5.74) is 0. The summed E-state index contributed by atoms with van der Waals surface area (Å²) in [5.74, 6) is 2.84. The van der Waals surface area contributed by atoms with Crippen LogP contribution in [0.2, 0.25) is 0 Å². The Hall–Kier alpha value is -0.970. The predicted molar refractivity (Wildman–Crippen MR) is 92.3 cm³/mol. The van der Waals surface area contributed by atoms with Crippen LogP contribution >= 0.6 is 11.8 Å². The first-order chi connectivity index (χ1) is 10.3. The van der Waals surface area contributed by atoms with Crippen molar-refractivity contribution in [3.63, 3.8) is 0 Å². The number of aromatic nitrogens is 2. The Kier molecular flexibility index (Phi) is 7.13. The van der Waals surface area contributed by atoms with Crippen LogP contribution in [0.5, 0.6) is 0 Å². The molecule has 1 aromatic heterocycles. The van der Waals surface area contributed by atoms with Crippen molar-refractivity contribution < 1.29 is 0 Å². The van der Waals surface area contributed by atoms with Crippen LogP contribution in [0.3, 0.4) is 0 Å². The molecule has 118 valence electrons. The summed E-state index contributed by atoms with van der Waals surface area (Å²) in [7, 11) is 0. The highest BCUT2D eigenvalue weighted by molar-refractivity contribution is 7.98. The van der Waals surface area contributed by atoms with E-state index in [1.54, 1.807) is 11.8 Å². The number of nitrogens with one attached hydrogen (secondary N) is 2. The highest BCUT2D eigenvalue weighted by Crippen LogP contribution is 2.28. The second-order valence-corrected chi connectivity index (χ2v) is 6.54. The van der Waals surface area contributed by atoms with Crippen LogP contribution in [0.4, 0.5) is 11.6 Å². The molecule has 2 N–H and O–H groups in total. The van der Waals surface area contributed by atoms with Crippen LogP contribution in [0.15, 0.2) is 11.2 Å². The van der Waals surface area contributed by atoms with E-state index in [0.717, 1.165) is 42.2 Å². The molecule has 0 saturated heterocycles. The van der Waals surface area contributed by atoms with E-state index in [1.165, 1.54) is 38.5 Å². The summed E-state index contributed by atoms with van der Waals surface area (Å²) in [6.07, 6.45) is 11.5. The zero-order valence-electron chi connectivity index (χ0n) is 13.3. The minimum absolute atomic E-state index is 0.828. The van der Waals surface area contributed by atoms with Crippen LogP contribution in [-0.2, 0) is 0 Å². The van der Waals surface area contributed by atoms with Gasteiger partial charge in [-0.1, -0.05) is 44.4 Å². The van der Waals surface area contributed by atoms with E-state index in [4.69, 9.17) is 0 Å². The highest BCUT2D eigenvalue weighted by atomic mass is 32.2. The molecule has 0 aliphatic heterocycles. The summed E-state index contributed by atoms with van der Waals surface area (Å²) < 4.78 is 0. The van der Waals surface area contributed by atoms with Gasteiger partial charge in [0.1, 0.15) is 11.6 Å². The van der Waals surface area contributed by atoms with E-state index in [1.807, 2.05) is 12.3 Å². The van der Waals surface area contributed by atoms with Gasteiger partial charge < -0.3 is 10.6 Å². The van der Waals surface area contributed by atoms with Crippen LogP contribution < -0.4 is 10.6 Å². The lowest BCUT2D eigenvalue weighted by Gasteiger charge is -2.11. The third-order valence-electron chi connectivity index (χ3n) is 4.01. The van der Waals surface area contributed by atoms with Gasteiger partial charge >= 0.3 is 0 Å². The summed E-state index contributed by atoms with van der Waals surface area (Å²) >= 11 is 1.59. The highest BCUT2D eigenvalue weighted by Gasteiger charge is 2.14. The molecule has 1 aliphatic carbocycles. The standard InChI is InChI=1S/C16H28N4S/c1-3-10-17-14-12-15(20-16(19-14)21-2)18-11-6-9-13-7-4-5-8-13/h12-13H,3-11H2,1-2H3,(H2,17,18,19,20). The number of hydrogen-bond donors (Lipinski definition) is 2. The van der Waals surface area contributed by atoms with Gasteiger partial charge in [0.25, 0.3) is 0 Å². The van der Waals surface area contributed by atoms with Gasteiger partial charge in [-0.05, 0) is 31.4 Å². The smallest absolute Gasteiger partial charge is 0.191 e. The van der Waals surface area contributed by atoms with Gasteiger partial charge in [0.15, 0.2) is 5.16 Å². The Labute approximate surface area is 132 Å². The van der Waals surface area contributed by atoms with E-state index in [0.29, 0.717) is 0 Å². The molecule has 5 heteroatoms. The van der Waals surface area contributed by atoms with Crippen molar-refractivity contribution in [2.24, 2.45) is 5.92 Å². The summed E-state index contributed by atoms with van der Waals surface area (Å²) in [4.78, 5) is 9.01. The van der Waals surface area contributed by atoms with Gasteiger partial charge in [0.05, 0.1) is 0 Å². The number of nitrogens with zero attached hydrogens (tertiary/aromatic N) is 2. The molecular weight excluding hydrogens is 280 g/mol. The van der Waals surface area contributed by atoms with E-state index in [-0.39, 0.29) is 0 Å². The Morgan fingerprint density at radius 2 is 1.81 bits per heavy atom. The minimum Gasteiger partial charge on any atom is -0.370 e. The molecule has 0 radical (unpaired) electrons. The lowest BCUT2D eigenvalue weighted by Crippen LogP contribution is -2.09. The lowest BCUT2D eigenvalue weighted by atomic mass is 10.0. The molecule has 0 aromatic carbocycles. The first-order valence-corrected chi connectivity index (χ1v) is 9.45. The SMILES string of the molecule is CCCNc1cc(NCCCC2CCCC2)nc(SC)n1. The van der Waals surface area contributed by atoms with Gasteiger partial charge in [-0.2, -0.15) is 0 Å². The van der Waals surface area contributed by atoms with Crippen molar-refractivity contribution in [1.29, 1.82) is 0 Å². The van der Waals surface area contributed by atoms with Crippen molar-refractivity contribution in [1.82, 2.24) is 9.97 Å². The molecule has 1 saturated carbocycles. The minimum atomic E-state index is 0.828. The number of hydrogen-bond acceptors (Lipinski definition) is 5. The van der Waals surface area contributed by atoms with Gasteiger partial charge in [-0.3, -0.25) is 0 Å². The molecule has 4 nitrogen and oxygen atoms in total. The predicted octanol–water partition coefficient (Wildman–Crippen LogP) is 4.40. The van der Waals surface area contributed by atoms with Crippen molar-refractivity contribution in [3.8, 4) is 0 Å². The quantitative estimate of drug-likeness (QED) is 0.402. The fourth-order valence-electron chi connectivity index (χ4n) is 2.86. The average molecular weight is 308 g/mol. The Bertz CT molecular complexity index is 419. The third kappa shape index (κ3) is 5.73. The molecule has 2 rings (SSSR count). The molecule has 0 spiro atoms. The Morgan fingerprint density at radius 3 is 2.43 bits per heavy atom. The lowest BCUT2D eigenvalue weighted by molar-refractivity contribution is 0.491. The van der Waals surface area contributed by atoms with Crippen molar-refractivity contribution in [2.45, 2.75) is 57.0 Å². The van der Waals surface area contributed by atoms with Crippen LogP contribution in [-0.4, -0.2) is 29.3 Å². The van der Waals surface area contributed by atoms with Crippen LogP contribution in [0.25, 0.3) is 0 Å². The number of anilines is 2. The van der Waals surface area contributed by atoms with Crippen molar-refractivity contribution in [2.75, 3.05) is 30.0 Å². The van der Waals surface area contributed by atoms with Crippen LogP contribution in [0.1, 0.15) is 51.9 Å². The molecule has 0 amide bonds. The monoisotopic (exact) mass is 308 g/mol. The largest absolute Gasteiger partial charge is 0.370 e. The molecule has 21 heavy (non-hydrogen) atoms. The maximum absolute atomic E-state index is 4.53. The third-order valence-corrected chi connectivity index (χ3v) is 4.56. The summed E-state index contributed by atoms with van der Waals surface area (Å²) in [6, 6.07) is 2.02. The van der Waals surface area contributed by atoms with E-state index < -0.39 is 0 Å².